The van der Waals surface area contributed by atoms with Crippen LogP contribution in [0.5, 0.6) is 0 Å². The highest BCUT2D eigenvalue weighted by atomic mass is 16.6. The summed E-state index contributed by atoms with van der Waals surface area (Å²) in [6.45, 7) is 9.40. The molecule has 0 heterocycles. The third kappa shape index (κ3) is 37.9. The number of rotatable bonds is 39. The summed E-state index contributed by atoms with van der Waals surface area (Å²) in [6, 6.07) is 0. The third-order valence-corrected chi connectivity index (χ3v) is 10.0. The van der Waals surface area contributed by atoms with Gasteiger partial charge in [-0.2, -0.15) is 0 Å². The molecule has 52 heavy (non-hydrogen) atoms. The first-order valence-electron chi connectivity index (χ1n) is 22.7. The van der Waals surface area contributed by atoms with Gasteiger partial charge in [0, 0.05) is 13.1 Å². The average molecular weight is 727 g/mol. The number of allylic oxidation sites excluding steroid dienone is 8. The van der Waals surface area contributed by atoms with Crippen molar-refractivity contribution < 1.29 is 9.53 Å². The largest absolute Gasteiger partial charge is 0.446 e. The average Bonchev–Trinajstić information content (AvgIpc) is 3.13. The molecule has 0 radical (unpaired) electrons. The number of ether oxygens (including phenoxy) is 1. The van der Waals surface area contributed by atoms with Crippen LogP contribution in [-0.2, 0) is 4.74 Å². The predicted octanol–water partition coefficient (Wildman–Crippen LogP) is 15.3. The smallest absolute Gasteiger partial charge is 0.410 e. The van der Waals surface area contributed by atoms with Crippen molar-refractivity contribution in [3.05, 3.63) is 48.6 Å². The van der Waals surface area contributed by atoms with Gasteiger partial charge in [0.2, 0.25) is 0 Å². The molecule has 0 spiro atoms. The Morgan fingerprint density at radius 1 is 0.442 bits per heavy atom. The van der Waals surface area contributed by atoms with E-state index in [-0.39, 0.29) is 12.2 Å². The Labute approximate surface area is 326 Å². The van der Waals surface area contributed by atoms with E-state index in [1.54, 1.807) is 0 Å². The minimum atomic E-state index is -0.0677. The molecule has 0 aromatic rings. The van der Waals surface area contributed by atoms with Crippen LogP contribution in [0, 0.1) is 0 Å². The molecule has 0 aliphatic heterocycles. The maximum absolute atomic E-state index is 13.5. The minimum absolute atomic E-state index is 0.0569. The number of unbranched alkanes of at least 4 members (excludes halogenated alkanes) is 20. The number of hydrogen-bond acceptors (Lipinski definition) is 3. The molecule has 1 atom stereocenters. The first-order valence-corrected chi connectivity index (χ1v) is 22.7. The van der Waals surface area contributed by atoms with Crippen molar-refractivity contribution in [3.63, 3.8) is 0 Å². The van der Waals surface area contributed by atoms with Crippen LogP contribution in [0.15, 0.2) is 48.6 Å². The second-order valence-corrected chi connectivity index (χ2v) is 15.6. The normalized spacial score (nSPS) is 12.8. The van der Waals surface area contributed by atoms with Crippen molar-refractivity contribution in [3.8, 4) is 0 Å². The molecule has 1 unspecified atom stereocenters. The lowest BCUT2D eigenvalue weighted by molar-refractivity contribution is 0.0513. The van der Waals surface area contributed by atoms with E-state index in [1.807, 2.05) is 4.90 Å². The Bertz CT molecular complexity index is 845. The summed E-state index contributed by atoms with van der Waals surface area (Å²) in [4.78, 5) is 17.7. The summed E-state index contributed by atoms with van der Waals surface area (Å²) in [6.07, 6.45) is 55.4. The molecule has 0 saturated heterocycles. The van der Waals surface area contributed by atoms with Crippen molar-refractivity contribution >= 4 is 6.09 Å². The number of carbonyl (C=O) groups excluding carboxylic acids is 1. The number of amides is 1. The van der Waals surface area contributed by atoms with Crippen molar-refractivity contribution in [1.82, 2.24) is 9.80 Å². The molecule has 304 valence electrons. The molecular weight excluding hydrogens is 637 g/mol. The molecule has 1 amide bonds. The summed E-state index contributed by atoms with van der Waals surface area (Å²) in [5.41, 5.74) is 0. The van der Waals surface area contributed by atoms with Crippen molar-refractivity contribution in [2.75, 3.05) is 33.7 Å². The van der Waals surface area contributed by atoms with Crippen LogP contribution < -0.4 is 0 Å². The van der Waals surface area contributed by atoms with Gasteiger partial charge in [0.25, 0.3) is 0 Å². The molecule has 0 aliphatic rings. The van der Waals surface area contributed by atoms with Gasteiger partial charge in [-0.1, -0.05) is 159 Å². The summed E-state index contributed by atoms with van der Waals surface area (Å²) < 4.78 is 6.31. The van der Waals surface area contributed by atoms with E-state index in [1.165, 1.54) is 148 Å². The lowest BCUT2D eigenvalue weighted by Gasteiger charge is -2.26. The van der Waals surface area contributed by atoms with Crippen LogP contribution in [0.4, 0.5) is 4.79 Å². The SMILES string of the molecule is CCCCC/C=C\C/C=C\CCCCCCCCCC(CCCCCC/C=C/C/C=C\CCCCC)OC(=O)N(CCCCCC)CCCN(C)C. The highest BCUT2D eigenvalue weighted by molar-refractivity contribution is 5.67. The fourth-order valence-corrected chi connectivity index (χ4v) is 6.62. The Kier molecular flexibility index (Phi) is 40.5. The fourth-order valence-electron chi connectivity index (χ4n) is 6.62. The first-order chi connectivity index (χ1) is 25.5. The predicted molar refractivity (Wildman–Crippen MR) is 232 cm³/mol. The lowest BCUT2D eigenvalue weighted by atomic mass is 10.0. The van der Waals surface area contributed by atoms with Crippen molar-refractivity contribution in [2.45, 2.75) is 219 Å². The Morgan fingerprint density at radius 2 is 0.808 bits per heavy atom. The molecule has 4 heteroatoms. The van der Waals surface area contributed by atoms with Gasteiger partial charge in [-0.25, -0.2) is 4.79 Å². The Balaban J connectivity index is 4.58. The monoisotopic (exact) mass is 727 g/mol. The van der Waals surface area contributed by atoms with Crippen LogP contribution in [-0.4, -0.2) is 55.7 Å². The molecule has 0 aromatic carbocycles. The van der Waals surface area contributed by atoms with Gasteiger partial charge >= 0.3 is 6.09 Å². The van der Waals surface area contributed by atoms with Crippen molar-refractivity contribution in [2.24, 2.45) is 0 Å². The molecule has 0 saturated carbocycles. The van der Waals surface area contributed by atoms with Gasteiger partial charge in [-0.05, 0) is 123 Å². The highest BCUT2D eigenvalue weighted by Crippen LogP contribution is 2.19. The van der Waals surface area contributed by atoms with E-state index in [2.05, 4.69) is 88.4 Å². The van der Waals surface area contributed by atoms with Crippen LogP contribution in [0.3, 0.4) is 0 Å². The fraction of sp³-hybridized carbons (Fsp3) is 0.812. The molecular formula is C48H90N2O2. The molecule has 0 aromatic heterocycles. The molecule has 4 nitrogen and oxygen atoms in total. The standard InChI is InChI=1S/C48H90N2O2/c1-6-9-12-15-17-19-21-23-25-26-27-29-31-33-35-37-39-43-47(42-38-36-34-32-30-28-24-22-20-18-16-13-10-7-2)52-48(51)50(45-40-14-11-8-3)46-41-44-49(4)5/h17-20,23-25,28,47H,6-16,21-22,26-27,29-46H2,1-5H3/b19-17-,20-18-,25-23-,28-24+. The van der Waals surface area contributed by atoms with Crippen molar-refractivity contribution in [1.29, 1.82) is 0 Å². The quantitative estimate of drug-likeness (QED) is 0.0467. The van der Waals surface area contributed by atoms with Gasteiger partial charge in [0.1, 0.15) is 6.10 Å². The van der Waals surface area contributed by atoms with E-state index >= 15 is 0 Å². The maximum Gasteiger partial charge on any atom is 0.410 e. The zero-order valence-corrected chi connectivity index (χ0v) is 35.7. The van der Waals surface area contributed by atoms with E-state index in [9.17, 15) is 4.79 Å². The number of hydrogen-bond donors (Lipinski definition) is 0. The Morgan fingerprint density at radius 3 is 1.25 bits per heavy atom. The van der Waals surface area contributed by atoms with E-state index < -0.39 is 0 Å². The van der Waals surface area contributed by atoms with Crippen LogP contribution >= 0.6 is 0 Å². The highest BCUT2D eigenvalue weighted by Gasteiger charge is 2.20. The van der Waals surface area contributed by atoms with Crippen LogP contribution in [0.2, 0.25) is 0 Å². The second kappa shape index (κ2) is 41.9. The Hall–Kier alpha value is -1.81. The van der Waals surface area contributed by atoms with Gasteiger partial charge in [0.05, 0.1) is 0 Å². The van der Waals surface area contributed by atoms with E-state index in [0.29, 0.717) is 0 Å². The maximum atomic E-state index is 13.5. The van der Waals surface area contributed by atoms with Gasteiger partial charge in [-0.15, -0.1) is 0 Å². The second-order valence-electron chi connectivity index (χ2n) is 15.6. The molecule has 0 bridgehead atoms. The van der Waals surface area contributed by atoms with E-state index in [0.717, 1.165) is 64.6 Å². The zero-order chi connectivity index (χ0) is 38.0. The lowest BCUT2D eigenvalue weighted by Crippen LogP contribution is -2.37. The van der Waals surface area contributed by atoms with Gasteiger partial charge < -0.3 is 14.5 Å². The topological polar surface area (TPSA) is 32.8 Å². The molecule has 0 rings (SSSR count). The third-order valence-electron chi connectivity index (χ3n) is 10.0. The number of carbonyl (C=O) groups is 1. The minimum Gasteiger partial charge on any atom is -0.446 e. The summed E-state index contributed by atoms with van der Waals surface area (Å²) >= 11 is 0. The summed E-state index contributed by atoms with van der Waals surface area (Å²) in [7, 11) is 4.22. The van der Waals surface area contributed by atoms with Crippen LogP contribution in [0.1, 0.15) is 213 Å². The molecule has 0 N–H and O–H groups in total. The first kappa shape index (κ1) is 50.2. The summed E-state index contributed by atoms with van der Waals surface area (Å²) in [5.74, 6) is 0. The zero-order valence-electron chi connectivity index (χ0n) is 35.7. The van der Waals surface area contributed by atoms with Gasteiger partial charge in [-0.3, -0.25) is 0 Å². The van der Waals surface area contributed by atoms with Gasteiger partial charge in [0.15, 0.2) is 0 Å². The van der Waals surface area contributed by atoms with E-state index in [4.69, 9.17) is 4.74 Å². The van der Waals surface area contributed by atoms with Crippen LogP contribution in [0.25, 0.3) is 0 Å². The molecule has 0 aliphatic carbocycles. The summed E-state index contributed by atoms with van der Waals surface area (Å²) in [5, 5.41) is 0. The number of nitrogens with zero attached hydrogens (tertiary/aromatic N) is 2. The molecule has 0 fully saturated rings.